The van der Waals surface area contributed by atoms with Gasteiger partial charge in [0.05, 0.1) is 10.6 Å². The number of carbonyl (C=O) groups excluding carboxylic acids is 2. The topological polar surface area (TPSA) is 96.0 Å². The molecule has 1 unspecified atom stereocenters. The molecule has 0 aliphatic carbocycles. The molecule has 5 aromatic carbocycles. The lowest BCUT2D eigenvalue weighted by Crippen LogP contribution is -2.53. The summed E-state index contributed by atoms with van der Waals surface area (Å²) in [4.78, 5) is 30.2. The van der Waals surface area contributed by atoms with E-state index in [1.54, 1.807) is 42.5 Å². The smallest absolute Gasteiger partial charge is 0.264 e. The molecule has 8 nitrogen and oxygen atoms in total. The lowest BCUT2D eigenvalue weighted by Gasteiger charge is -2.34. The van der Waals surface area contributed by atoms with Gasteiger partial charge in [0.25, 0.3) is 10.0 Å². The van der Waals surface area contributed by atoms with E-state index in [2.05, 4.69) is 5.32 Å². The van der Waals surface area contributed by atoms with Crippen molar-refractivity contribution in [3.63, 3.8) is 0 Å². The number of carbonyl (C=O) groups is 2. The van der Waals surface area contributed by atoms with Crippen molar-refractivity contribution in [1.82, 2.24) is 10.2 Å². The first-order valence-electron chi connectivity index (χ1n) is 16.8. The molecule has 0 heterocycles. The van der Waals surface area contributed by atoms with Gasteiger partial charge in [0.1, 0.15) is 24.1 Å². The fourth-order valence-electron chi connectivity index (χ4n) is 5.62. The lowest BCUT2D eigenvalue weighted by molar-refractivity contribution is -0.140. The fourth-order valence-corrected chi connectivity index (χ4v) is 7.06. The largest absolute Gasteiger partial charge is 0.457 e. The summed E-state index contributed by atoms with van der Waals surface area (Å²) in [7, 11) is -4.21. The zero-order valence-corrected chi connectivity index (χ0v) is 29.3. The molecule has 2 amide bonds. The van der Waals surface area contributed by atoms with E-state index >= 15 is 0 Å². The van der Waals surface area contributed by atoms with Crippen molar-refractivity contribution in [2.75, 3.05) is 17.4 Å². The Bertz CT molecular complexity index is 1940. The van der Waals surface area contributed by atoms with Crippen LogP contribution in [-0.4, -0.2) is 44.3 Å². The van der Waals surface area contributed by atoms with Crippen LogP contribution in [0.25, 0.3) is 0 Å². The average molecular weight is 690 g/mol. The van der Waals surface area contributed by atoms with Crippen molar-refractivity contribution in [2.24, 2.45) is 0 Å². The van der Waals surface area contributed by atoms with Crippen molar-refractivity contribution in [3.05, 3.63) is 156 Å². The van der Waals surface area contributed by atoms with Crippen LogP contribution in [0.1, 0.15) is 36.5 Å². The van der Waals surface area contributed by atoms with Crippen LogP contribution in [0.4, 0.5) is 5.69 Å². The Morgan fingerprint density at radius 2 is 1.34 bits per heavy atom. The van der Waals surface area contributed by atoms with Gasteiger partial charge in [0.15, 0.2) is 0 Å². The molecule has 0 bridgehead atoms. The molecule has 0 aliphatic rings. The fraction of sp³-hybridized carbons (Fsp3) is 0.220. The van der Waals surface area contributed by atoms with Crippen molar-refractivity contribution >= 4 is 27.5 Å². The van der Waals surface area contributed by atoms with Gasteiger partial charge < -0.3 is 15.0 Å². The van der Waals surface area contributed by atoms with Crippen molar-refractivity contribution in [3.8, 4) is 11.5 Å². The second-order valence-corrected chi connectivity index (χ2v) is 14.0. The molecule has 0 aliphatic heterocycles. The summed E-state index contributed by atoms with van der Waals surface area (Å²) in [6.07, 6.45) is 1.95. The number of nitrogens with zero attached hydrogens (tertiary/aromatic N) is 2. The van der Waals surface area contributed by atoms with E-state index in [-0.39, 0.29) is 29.5 Å². The van der Waals surface area contributed by atoms with E-state index in [0.717, 1.165) is 33.8 Å². The third kappa shape index (κ3) is 9.60. The molecule has 0 saturated heterocycles. The summed E-state index contributed by atoms with van der Waals surface area (Å²) >= 11 is 0. The van der Waals surface area contributed by atoms with Gasteiger partial charge in [0, 0.05) is 19.5 Å². The lowest BCUT2D eigenvalue weighted by atomic mass is 10.0. The highest BCUT2D eigenvalue weighted by molar-refractivity contribution is 7.92. The number of benzene rings is 5. The van der Waals surface area contributed by atoms with Crippen LogP contribution in [-0.2, 0) is 32.6 Å². The first kappa shape index (κ1) is 35.9. The Labute approximate surface area is 295 Å². The van der Waals surface area contributed by atoms with Gasteiger partial charge in [-0.3, -0.25) is 13.9 Å². The summed E-state index contributed by atoms with van der Waals surface area (Å²) < 4.78 is 35.6. The number of nitrogens with one attached hydrogen (secondary N) is 1. The minimum atomic E-state index is -4.21. The van der Waals surface area contributed by atoms with Crippen LogP contribution >= 0.6 is 0 Å². The highest BCUT2D eigenvalue weighted by Gasteiger charge is 2.34. The molecule has 0 spiro atoms. The SMILES string of the molecule is CCCCNC(=O)C(Cc1ccccc1)N(Cc1cccc(C)c1)C(=O)CN(c1ccc(Oc2ccccc2)cc1)S(=O)(=O)c1ccccc1. The van der Waals surface area contributed by atoms with Crippen molar-refractivity contribution in [1.29, 1.82) is 0 Å². The predicted molar refractivity (Wildman–Crippen MR) is 198 cm³/mol. The molecule has 5 rings (SSSR count). The van der Waals surface area contributed by atoms with E-state index in [9.17, 15) is 18.0 Å². The molecule has 0 saturated carbocycles. The molecule has 258 valence electrons. The van der Waals surface area contributed by atoms with Gasteiger partial charge in [-0.2, -0.15) is 0 Å². The molecule has 1 N–H and O–H groups in total. The zero-order valence-electron chi connectivity index (χ0n) is 28.4. The number of hydrogen-bond acceptors (Lipinski definition) is 5. The van der Waals surface area contributed by atoms with Crippen LogP contribution in [0.15, 0.2) is 144 Å². The van der Waals surface area contributed by atoms with Crippen LogP contribution in [0, 0.1) is 6.92 Å². The van der Waals surface area contributed by atoms with Crippen LogP contribution in [0.3, 0.4) is 0 Å². The van der Waals surface area contributed by atoms with Crippen LogP contribution in [0.2, 0.25) is 0 Å². The second-order valence-electron chi connectivity index (χ2n) is 12.1. The monoisotopic (exact) mass is 689 g/mol. The Hall–Kier alpha value is -5.41. The summed E-state index contributed by atoms with van der Waals surface area (Å²) in [6.45, 7) is 4.06. The Morgan fingerprint density at radius 3 is 1.98 bits per heavy atom. The number of amides is 2. The summed E-state index contributed by atoms with van der Waals surface area (Å²) in [5.41, 5.74) is 3.00. The van der Waals surface area contributed by atoms with Crippen molar-refractivity contribution in [2.45, 2.75) is 50.6 Å². The molecule has 9 heteroatoms. The molecular formula is C41H43N3O5S. The average Bonchev–Trinajstić information content (AvgIpc) is 3.13. The Kier molecular flexibility index (Phi) is 12.4. The van der Waals surface area contributed by atoms with Gasteiger partial charge in [-0.05, 0) is 73.0 Å². The van der Waals surface area contributed by atoms with E-state index in [1.165, 1.54) is 17.0 Å². The maximum atomic E-state index is 14.7. The number of para-hydroxylation sites is 1. The third-order valence-corrected chi connectivity index (χ3v) is 10.0. The van der Waals surface area contributed by atoms with E-state index in [1.807, 2.05) is 98.8 Å². The standard InChI is InChI=1S/C41H43N3O5S/c1-3-4-27-42-41(46)39(29-33-16-8-5-9-17-33)43(30-34-18-14-15-32(2)28-34)40(45)31-44(50(47,48)38-21-12-7-13-22-38)35-23-25-37(26-24-35)49-36-19-10-6-11-20-36/h5-26,28,39H,3-4,27,29-31H2,1-2H3,(H,42,46). The molecule has 0 aromatic heterocycles. The summed E-state index contributed by atoms with van der Waals surface area (Å²) in [5.74, 6) is 0.346. The van der Waals surface area contributed by atoms with Gasteiger partial charge in [-0.25, -0.2) is 8.42 Å². The molecule has 1 atom stereocenters. The van der Waals surface area contributed by atoms with E-state index in [4.69, 9.17) is 4.74 Å². The highest BCUT2D eigenvalue weighted by Crippen LogP contribution is 2.29. The number of rotatable bonds is 16. The molecular weight excluding hydrogens is 647 g/mol. The molecule has 50 heavy (non-hydrogen) atoms. The minimum absolute atomic E-state index is 0.0424. The van der Waals surface area contributed by atoms with Crippen molar-refractivity contribution < 1.29 is 22.7 Å². The minimum Gasteiger partial charge on any atom is -0.457 e. The van der Waals surface area contributed by atoms with Gasteiger partial charge in [0.2, 0.25) is 11.8 Å². The zero-order chi connectivity index (χ0) is 35.3. The number of unbranched alkanes of at least 4 members (excludes halogenated alkanes) is 1. The number of ether oxygens (including phenoxy) is 1. The normalized spacial score (nSPS) is 11.7. The summed E-state index contributed by atoms with van der Waals surface area (Å²) in [6, 6.07) is 40.3. The van der Waals surface area contributed by atoms with Crippen LogP contribution < -0.4 is 14.4 Å². The predicted octanol–water partition coefficient (Wildman–Crippen LogP) is 7.54. The Morgan fingerprint density at radius 1 is 0.740 bits per heavy atom. The number of aryl methyl sites for hydroxylation is 1. The first-order chi connectivity index (χ1) is 24.2. The van der Waals surface area contributed by atoms with Gasteiger partial charge >= 0.3 is 0 Å². The number of hydrogen-bond donors (Lipinski definition) is 1. The summed E-state index contributed by atoms with van der Waals surface area (Å²) in [5, 5.41) is 3.03. The highest BCUT2D eigenvalue weighted by atomic mass is 32.2. The van der Waals surface area contributed by atoms with Gasteiger partial charge in [-0.15, -0.1) is 0 Å². The third-order valence-electron chi connectivity index (χ3n) is 8.25. The molecule has 5 aromatic rings. The van der Waals surface area contributed by atoms with E-state index < -0.39 is 28.5 Å². The Balaban J connectivity index is 1.54. The maximum Gasteiger partial charge on any atom is 0.264 e. The quantitative estimate of drug-likeness (QED) is 0.108. The number of sulfonamides is 1. The van der Waals surface area contributed by atoms with Crippen LogP contribution in [0.5, 0.6) is 11.5 Å². The first-order valence-corrected chi connectivity index (χ1v) is 18.3. The molecule has 0 fully saturated rings. The van der Waals surface area contributed by atoms with Gasteiger partial charge in [-0.1, -0.05) is 110 Å². The second kappa shape index (κ2) is 17.3. The maximum absolute atomic E-state index is 14.7. The molecule has 0 radical (unpaired) electrons. The number of anilines is 1. The van der Waals surface area contributed by atoms with E-state index in [0.29, 0.717) is 18.0 Å².